The number of hydrogen-bond acceptors (Lipinski definition) is 4. The van der Waals surface area contributed by atoms with Crippen LogP contribution in [0.2, 0.25) is 0 Å². The van der Waals surface area contributed by atoms with Crippen molar-refractivity contribution in [2.45, 2.75) is 91.9 Å². The summed E-state index contributed by atoms with van der Waals surface area (Å²) in [5.74, 6) is 2.00. The molecule has 1 fully saturated rings. The number of nitrogens with zero attached hydrogens (tertiary/aromatic N) is 2. The van der Waals surface area contributed by atoms with E-state index < -0.39 is 0 Å². The molecule has 0 spiro atoms. The quantitative estimate of drug-likeness (QED) is 0.0822. The van der Waals surface area contributed by atoms with Crippen LogP contribution in [0.5, 0.6) is 0 Å². The van der Waals surface area contributed by atoms with Gasteiger partial charge >= 0.3 is 0 Å². The van der Waals surface area contributed by atoms with Gasteiger partial charge in [-0.05, 0) is 50.4 Å². The molecule has 2 atom stereocenters. The Morgan fingerprint density at radius 1 is 0.844 bits per heavy atom. The normalized spacial score (nSPS) is 16.1. The molecule has 0 aromatic rings. The summed E-state index contributed by atoms with van der Waals surface area (Å²) >= 11 is 4.24. The highest BCUT2D eigenvalue weighted by Crippen LogP contribution is 2.45. The first-order valence-corrected chi connectivity index (χ1v) is 17.6. The Morgan fingerprint density at radius 3 is 1.78 bits per heavy atom. The van der Waals surface area contributed by atoms with E-state index >= 15 is 0 Å². The van der Waals surface area contributed by atoms with Crippen LogP contribution in [-0.4, -0.2) is 50.3 Å². The van der Waals surface area contributed by atoms with Crippen molar-refractivity contribution in [1.82, 2.24) is 10.1 Å². The van der Waals surface area contributed by atoms with Gasteiger partial charge in [-0.25, -0.2) is 10.1 Å². The Labute approximate surface area is 221 Å². The lowest BCUT2D eigenvalue weighted by atomic mass is 10.1. The monoisotopic (exact) mass is 682 g/mol. The second kappa shape index (κ2) is 25.7. The van der Waals surface area contributed by atoms with Gasteiger partial charge in [-0.15, -0.1) is 0 Å². The van der Waals surface area contributed by atoms with Crippen molar-refractivity contribution in [3.63, 3.8) is 0 Å². The molecular weight excluding hydrogens is 634 g/mol. The van der Waals surface area contributed by atoms with E-state index in [-0.39, 0.29) is 19.2 Å². The Kier molecular flexibility index (Phi) is 29.4. The van der Waals surface area contributed by atoms with Gasteiger partial charge in [-0.3, -0.25) is 19.3 Å². The molecule has 1 aliphatic carbocycles. The van der Waals surface area contributed by atoms with E-state index in [0.29, 0.717) is 12.8 Å². The molecule has 0 aromatic heterocycles. The minimum Gasteiger partial charge on any atom is -0.275 e. The van der Waals surface area contributed by atoms with Crippen LogP contribution in [-0.2, 0) is 19.3 Å². The molecule has 1 saturated carbocycles. The summed E-state index contributed by atoms with van der Waals surface area (Å²) in [5, 5.41) is 2.59. The molecule has 192 valence electrons. The van der Waals surface area contributed by atoms with Crippen LogP contribution in [0.15, 0.2) is 12.2 Å². The topological polar surface area (TPSA) is 59.1 Å². The lowest BCUT2D eigenvalue weighted by Gasteiger charge is -2.12. The van der Waals surface area contributed by atoms with E-state index in [4.69, 9.17) is 9.68 Å². The van der Waals surface area contributed by atoms with Crippen LogP contribution < -0.4 is 0 Å². The van der Waals surface area contributed by atoms with Crippen LogP contribution in [0.1, 0.15) is 91.9 Å². The van der Waals surface area contributed by atoms with Gasteiger partial charge in [0.15, 0.2) is 0 Å². The number of halogens is 2. The number of rotatable bonds is 14. The van der Waals surface area contributed by atoms with Gasteiger partial charge in [0.25, 0.3) is 0 Å². The average molecular weight is 682 g/mol. The zero-order valence-electron chi connectivity index (χ0n) is 20.4. The molecule has 0 heterocycles. The molecule has 0 saturated heterocycles. The fraction of sp³-hybridized carbons (Fsp3) is 0.833. The highest BCUT2D eigenvalue weighted by Gasteiger charge is 2.34. The van der Waals surface area contributed by atoms with Crippen LogP contribution >= 0.6 is 37.2 Å². The maximum absolute atomic E-state index is 11.4. The lowest BCUT2D eigenvalue weighted by molar-refractivity contribution is -0.169. The predicted molar refractivity (Wildman–Crippen MR) is 153 cm³/mol. The molecule has 32 heavy (non-hydrogen) atoms. The molecule has 6 nitrogen and oxygen atoms in total. The summed E-state index contributed by atoms with van der Waals surface area (Å²) in [4.78, 5) is 32.2. The number of hydroxylamine groups is 4. The van der Waals surface area contributed by atoms with Gasteiger partial charge < -0.3 is 0 Å². The first-order valence-electron chi connectivity index (χ1n) is 11.3. The van der Waals surface area contributed by atoms with Crippen molar-refractivity contribution in [2.24, 2.45) is 11.8 Å². The maximum Gasteiger partial charge on any atom is 0.245 e. The Hall–Kier alpha value is 0.0600. The standard InChI is InChI=1S/C12H23NO2.C11H21NO2.CH4.I2/c1-4-6-10-9-11(10)7-5-8-12(14)13(2)15-3;1-4-5-6-7-8-9-10-11(13)12(2)14-3;;1-2/h10-11H,4-9H2,1-3H3;6-7H,4-5,8-10H2,1-3H3;1H4;/b;7-6-;;. The summed E-state index contributed by atoms with van der Waals surface area (Å²) in [6.07, 6.45) is 16.0. The van der Waals surface area contributed by atoms with Gasteiger partial charge in [0.1, 0.15) is 0 Å². The first kappa shape index (κ1) is 36.6. The second-order valence-corrected chi connectivity index (χ2v) is 7.74. The molecular formula is C24H48I2N2O4. The van der Waals surface area contributed by atoms with Gasteiger partial charge in [-0.2, -0.15) is 0 Å². The van der Waals surface area contributed by atoms with Crippen LogP contribution in [0.3, 0.4) is 0 Å². The fourth-order valence-corrected chi connectivity index (χ4v) is 3.20. The molecule has 0 bridgehead atoms. The summed E-state index contributed by atoms with van der Waals surface area (Å²) in [7, 11) is 6.32. The van der Waals surface area contributed by atoms with Crippen LogP contribution in [0.4, 0.5) is 0 Å². The molecule has 2 amide bonds. The van der Waals surface area contributed by atoms with Crippen molar-refractivity contribution in [2.75, 3.05) is 28.3 Å². The second-order valence-electron chi connectivity index (χ2n) is 7.74. The number of hydrogen-bond donors (Lipinski definition) is 0. The SMILES string of the molecule is C.CCC/C=C\CCCC(=O)N(C)OC.CCCC1CC1CCCC(=O)N(C)OC.II. The highest BCUT2D eigenvalue weighted by molar-refractivity contribution is 15.0. The zero-order chi connectivity index (χ0) is 24.1. The van der Waals surface area contributed by atoms with E-state index in [0.717, 1.165) is 37.5 Å². The van der Waals surface area contributed by atoms with Gasteiger partial charge in [0.2, 0.25) is 11.8 Å². The molecule has 1 aliphatic rings. The number of carbonyl (C=O) groups is 2. The lowest BCUT2D eigenvalue weighted by Crippen LogP contribution is -2.24. The average Bonchev–Trinajstić information content (AvgIpc) is 3.54. The smallest absolute Gasteiger partial charge is 0.245 e. The van der Waals surface area contributed by atoms with E-state index in [2.05, 4.69) is 63.2 Å². The summed E-state index contributed by atoms with van der Waals surface area (Å²) in [6, 6.07) is 0. The Bertz CT molecular complexity index is 479. The Balaban J connectivity index is -0.000000475. The van der Waals surface area contributed by atoms with Crippen LogP contribution in [0.25, 0.3) is 0 Å². The third-order valence-corrected chi connectivity index (χ3v) is 5.33. The van der Waals surface area contributed by atoms with Crippen LogP contribution in [0, 0.1) is 11.8 Å². The van der Waals surface area contributed by atoms with Crippen molar-refractivity contribution in [1.29, 1.82) is 0 Å². The first-order chi connectivity index (χ1) is 14.9. The highest BCUT2D eigenvalue weighted by atomic mass is 128. The molecule has 0 N–H and O–H groups in total. The van der Waals surface area contributed by atoms with E-state index in [1.54, 1.807) is 14.1 Å². The molecule has 0 aromatic carbocycles. The van der Waals surface area contributed by atoms with Crippen molar-refractivity contribution in [3.8, 4) is 0 Å². The number of allylic oxidation sites excluding steroid dienone is 2. The molecule has 1 rings (SSSR count). The zero-order valence-corrected chi connectivity index (χ0v) is 24.7. The van der Waals surface area contributed by atoms with Gasteiger partial charge in [0, 0.05) is 64.2 Å². The minimum absolute atomic E-state index is 0. The third-order valence-electron chi connectivity index (χ3n) is 5.33. The van der Waals surface area contributed by atoms with Gasteiger partial charge in [0.05, 0.1) is 14.2 Å². The van der Waals surface area contributed by atoms with E-state index in [9.17, 15) is 9.59 Å². The number of carbonyl (C=O) groups excluding carboxylic acids is 2. The number of amides is 2. The van der Waals surface area contributed by atoms with Gasteiger partial charge in [-0.1, -0.05) is 52.7 Å². The van der Waals surface area contributed by atoms with E-state index in [1.807, 2.05) is 0 Å². The summed E-state index contributed by atoms with van der Waals surface area (Å²) in [5.41, 5.74) is 0. The third kappa shape index (κ3) is 20.7. The molecule has 2 unspecified atom stereocenters. The fourth-order valence-electron chi connectivity index (χ4n) is 3.20. The molecule has 0 radical (unpaired) electrons. The summed E-state index contributed by atoms with van der Waals surface area (Å²) < 4.78 is 0. The number of unbranched alkanes of at least 4 members (excludes halogenated alkanes) is 2. The van der Waals surface area contributed by atoms with Crippen molar-refractivity contribution >= 4 is 49.0 Å². The maximum atomic E-state index is 11.4. The van der Waals surface area contributed by atoms with Crippen molar-refractivity contribution in [3.05, 3.63) is 12.2 Å². The minimum atomic E-state index is 0. The Morgan fingerprint density at radius 2 is 1.31 bits per heavy atom. The molecule has 8 heteroatoms. The molecule has 0 aliphatic heterocycles. The van der Waals surface area contributed by atoms with E-state index in [1.165, 1.54) is 56.5 Å². The summed E-state index contributed by atoms with van der Waals surface area (Å²) in [6.45, 7) is 4.40. The largest absolute Gasteiger partial charge is 0.275 e. The van der Waals surface area contributed by atoms with Crippen molar-refractivity contribution < 1.29 is 19.3 Å². The predicted octanol–water partition coefficient (Wildman–Crippen LogP) is 7.55.